The highest BCUT2D eigenvalue weighted by Gasteiger charge is 2.28. The number of nitrogens with zero attached hydrogens (tertiary/aromatic N) is 3. The highest BCUT2D eigenvalue weighted by Crippen LogP contribution is 2.24. The van der Waals surface area contributed by atoms with Gasteiger partial charge in [0.25, 0.3) is 0 Å². The first-order valence-electron chi connectivity index (χ1n) is 9.93. The van der Waals surface area contributed by atoms with Gasteiger partial charge in [-0.3, -0.25) is 9.78 Å². The number of carbonyl (C=O) groups excluding carboxylic acids is 2. The van der Waals surface area contributed by atoms with Crippen LogP contribution in [0, 0.1) is 0 Å². The molecule has 29 heavy (non-hydrogen) atoms. The summed E-state index contributed by atoms with van der Waals surface area (Å²) in [6, 6.07) is 3.82. The number of likely N-dealkylation sites (tertiary alicyclic amines) is 1. The van der Waals surface area contributed by atoms with E-state index in [-0.39, 0.29) is 18.4 Å². The minimum Gasteiger partial charge on any atom is -0.444 e. The molecule has 3 rings (SSSR count). The topological polar surface area (TPSA) is 84.4 Å². The average molecular weight is 417 g/mol. The predicted molar refractivity (Wildman–Crippen MR) is 113 cm³/mol. The number of amides is 2. The summed E-state index contributed by atoms with van der Waals surface area (Å²) >= 11 is 1.52. The first kappa shape index (κ1) is 21.2. The van der Waals surface area contributed by atoms with Crippen molar-refractivity contribution in [3.8, 4) is 10.6 Å². The van der Waals surface area contributed by atoms with Gasteiger partial charge in [0.1, 0.15) is 10.6 Å². The Morgan fingerprint density at radius 1 is 1.34 bits per heavy atom. The third kappa shape index (κ3) is 6.25. The number of alkyl carbamates (subject to hydrolysis) is 1. The summed E-state index contributed by atoms with van der Waals surface area (Å²) < 4.78 is 5.30. The fraction of sp³-hybridized carbons (Fsp3) is 0.524. The molecule has 1 atom stereocenters. The van der Waals surface area contributed by atoms with Crippen molar-refractivity contribution in [3.63, 3.8) is 0 Å². The van der Waals surface area contributed by atoms with Crippen LogP contribution < -0.4 is 5.32 Å². The maximum atomic E-state index is 12.9. The second-order valence-corrected chi connectivity index (χ2v) is 9.04. The average Bonchev–Trinajstić information content (AvgIpc) is 3.14. The number of ether oxygens (including phenoxy) is 1. The molecule has 7 nitrogen and oxygen atoms in total. The lowest BCUT2D eigenvalue weighted by molar-refractivity contribution is -0.134. The normalized spacial score (nSPS) is 17.1. The van der Waals surface area contributed by atoms with Gasteiger partial charge in [-0.2, -0.15) is 0 Å². The van der Waals surface area contributed by atoms with Crippen LogP contribution in [0.3, 0.4) is 0 Å². The first-order valence-corrected chi connectivity index (χ1v) is 10.8. The highest BCUT2D eigenvalue weighted by atomic mass is 32.1. The van der Waals surface area contributed by atoms with E-state index in [2.05, 4.69) is 15.3 Å². The van der Waals surface area contributed by atoms with Crippen molar-refractivity contribution in [3.05, 3.63) is 35.6 Å². The molecule has 156 valence electrons. The van der Waals surface area contributed by atoms with Crippen molar-refractivity contribution in [2.45, 2.75) is 58.1 Å². The van der Waals surface area contributed by atoms with Gasteiger partial charge in [-0.05, 0) is 52.2 Å². The summed E-state index contributed by atoms with van der Waals surface area (Å²) in [4.78, 5) is 35.5. The Bertz CT molecular complexity index is 832. The van der Waals surface area contributed by atoms with Crippen LogP contribution in [-0.2, 0) is 16.0 Å². The van der Waals surface area contributed by atoms with Crippen molar-refractivity contribution in [2.24, 2.45) is 0 Å². The quantitative estimate of drug-likeness (QED) is 0.804. The van der Waals surface area contributed by atoms with E-state index in [0.29, 0.717) is 13.1 Å². The third-order valence-corrected chi connectivity index (χ3v) is 5.56. The number of thiazole rings is 1. The van der Waals surface area contributed by atoms with Crippen LogP contribution in [0.5, 0.6) is 0 Å². The molecule has 0 aromatic carbocycles. The molecule has 3 heterocycles. The molecule has 1 saturated heterocycles. The number of hydrogen-bond acceptors (Lipinski definition) is 6. The Balaban J connectivity index is 1.58. The van der Waals surface area contributed by atoms with Crippen molar-refractivity contribution in [2.75, 3.05) is 13.1 Å². The summed E-state index contributed by atoms with van der Waals surface area (Å²) in [6.07, 6.45) is 6.21. The molecule has 0 radical (unpaired) electrons. The molecule has 1 unspecified atom stereocenters. The van der Waals surface area contributed by atoms with Gasteiger partial charge in [0.15, 0.2) is 0 Å². The van der Waals surface area contributed by atoms with E-state index in [1.807, 2.05) is 43.2 Å². The van der Waals surface area contributed by atoms with E-state index in [4.69, 9.17) is 4.74 Å². The summed E-state index contributed by atoms with van der Waals surface area (Å²) in [5.41, 5.74) is 1.18. The maximum absolute atomic E-state index is 12.9. The number of piperidine rings is 1. The lowest BCUT2D eigenvalue weighted by Gasteiger charge is -2.36. The molecule has 1 fully saturated rings. The minimum atomic E-state index is -0.539. The molecular formula is C21H28N4O3S. The molecule has 1 N–H and O–H groups in total. The summed E-state index contributed by atoms with van der Waals surface area (Å²) in [5.74, 6) is 0.0451. The molecule has 0 bridgehead atoms. The van der Waals surface area contributed by atoms with E-state index in [9.17, 15) is 9.59 Å². The highest BCUT2D eigenvalue weighted by molar-refractivity contribution is 7.13. The monoisotopic (exact) mass is 416 g/mol. The van der Waals surface area contributed by atoms with Gasteiger partial charge in [-0.25, -0.2) is 9.78 Å². The summed E-state index contributed by atoms with van der Waals surface area (Å²) in [7, 11) is 0. The number of rotatable bonds is 5. The zero-order valence-corrected chi connectivity index (χ0v) is 18.0. The second kappa shape index (κ2) is 9.35. The fourth-order valence-electron chi connectivity index (χ4n) is 3.32. The van der Waals surface area contributed by atoms with Crippen LogP contribution in [0.4, 0.5) is 4.79 Å². The van der Waals surface area contributed by atoms with Crippen LogP contribution in [0.25, 0.3) is 10.6 Å². The number of hydrogen-bond donors (Lipinski definition) is 1. The van der Waals surface area contributed by atoms with Crippen LogP contribution in [0.1, 0.15) is 45.7 Å². The standard InChI is InChI=1S/C21H28N4O3S/c1-21(2,3)28-20(27)23-13-17-8-4-5-10-25(17)18(26)11-16-14-29-19(24-16)15-7-6-9-22-12-15/h6-7,9,12,14,17H,4-5,8,10-11,13H2,1-3H3,(H,23,27). The van der Waals surface area contributed by atoms with Gasteiger partial charge in [-0.15, -0.1) is 11.3 Å². The number of aromatic nitrogens is 2. The van der Waals surface area contributed by atoms with E-state index in [1.165, 1.54) is 11.3 Å². The summed E-state index contributed by atoms with van der Waals surface area (Å²) in [5, 5.41) is 5.60. The minimum absolute atomic E-state index is 0.0137. The van der Waals surface area contributed by atoms with Crippen LogP contribution in [0.2, 0.25) is 0 Å². The van der Waals surface area contributed by atoms with Gasteiger partial charge >= 0.3 is 6.09 Å². The Labute approximate surface area is 175 Å². The van der Waals surface area contributed by atoms with Gasteiger partial charge in [0, 0.05) is 42.5 Å². The van der Waals surface area contributed by atoms with E-state index < -0.39 is 11.7 Å². The zero-order chi connectivity index (χ0) is 20.9. The summed E-state index contributed by atoms with van der Waals surface area (Å²) in [6.45, 7) is 6.60. The van der Waals surface area contributed by atoms with Crippen LogP contribution in [-0.4, -0.2) is 51.6 Å². The zero-order valence-electron chi connectivity index (χ0n) is 17.2. The first-order chi connectivity index (χ1) is 13.8. The van der Waals surface area contributed by atoms with Gasteiger partial charge in [0.05, 0.1) is 12.1 Å². The van der Waals surface area contributed by atoms with Gasteiger partial charge in [-0.1, -0.05) is 0 Å². The Morgan fingerprint density at radius 3 is 2.90 bits per heavy atom. The lowest BCUT2D eigenvalue weighted by Crippen LogP contribution is -2.50. The number of carbonyl (C=O) groups is 2. The second-order valence-electron chi connectivity index (χ2n) is 8.18. The van der Waals surface area contributed by atoms with E-state index in [1.54, 1.807) is 12.4 Å². The lowest BCUT2D eigenvalue weighted by atomic mass is 10.0. The Kier molecular flexibility index (Phi) is 6.84. The SMILES string of the molecule is CC(C)(C)OC(=O)NCC1CCCCN1C(=O)Cc1csc(-c2cccnc2)n1. The molecule has 0 aliphatic carbocycles. The third-order valence-electron chi connectivity index (χ3n) is 4.62. The van der Waals surface area contributed by atoms with E-state index >= 15 is 0 Å². The molecule has 0 saturated carbocycles. The number of nitrogens with one attached hydrogen (secondary N) is 1. The molecule has 2 aromatic heterocycles. The number of pyridine rings is 1. The smallest absolute Gasteiger partial charge is 0.407 e. The van der Waals surface area contributed by atoms with Crippen molar-refractivity contribution in [1.29, 1.82) is 0 Å². The van der Waals surface area contributed by atoms with Crippen LogP contribution in [0.15, 0.2) is 29.9 Å². The van der Waals surface area contributed by atoms with Crippen molar-refractivity contribution < 1.29 is 14.3 Å². The molecule has 1 aliphatic rings. The Hall–Kier alpha value is -2.48. The fourth-order valence-corrected chi connectivity index (χ4v) is 4.13. The molecule has 8 heteroatoms. The van der Waals surface area contributed by atoms with Crippen molar-refractivity contribution in [1.82, 2.24) is 20.2 Å². The Morgan fingerprint density at radius 2 is 2.17 bits per heavy atom. The molecule has 1 aliphatic heterocycles. The van der Waals surface area contributed by atoms with E-state index in [0.717, 1.165) is 35.5 Å². The molecule has 2 aromatic rings. The van der Waals surface area contributed by atoms with Crippen molar-refractivity contribution >= 4 is 23.3 Å². The maximum Gasteiger partial charge on any atom is 0.407 e. The molecule has 2 amide bonds. The molecular weight excluding hydrogens is 388 g/mol. The largest absolute Gasteiger partial charge is 0.444 e. The van der Waals surface area contributed by atoms with Gasteiger partial charge in [0.2, 0.25) is 5.91 Å². The van der Waals surface area contributed by atoms with Gasteiger partial charge < -0.3 is 15.0 Å². The predicted octanol–water partition coefficient (Wildman–Crippen LogP) is 3.65. The molecule has 0 spiro atoms. The van der Waals surface area contributed by atoms with Crippen LogP contribution >= 0.6 is 11.3 Å².